The average molecular weight is 268 g/mol. The Hall–Kier alpha value is -0.880. The first-order chi connectivity index (χ1) is 8.79. The van der Waals surface area contributed by atoms with E-state index >= 15 is 0 Å². The molecule has 2 aliphatic rings. The third kappa shape index (κ3) is 2.31. The van der Waals surface area contributed by atoms with Gasteiger partial charge in [-0.05, 0) is 43.8 Å². The number of aromatic amines is 1. The molecular formula is C12H20N4OS. The molecule has 2 fully saturated rings. The lowest BCUT2D eigenvalue weighted by Gasteiger charge is -2.33. The van der Waals surface area contributed by atoms with Crippen LogP contribution < -0.4 is 4.90 Å². The molecule has 1 aliphatic carbocycles. The van der Waals surface area contributed by atoms with Gasteiger partial charge in [-0.15, -0.1) is 5.10 Å². The van der Waals surface area contributed by atoms with Crippen LogP contribution in [0.3, 0.4) is 0 Å². The fourth-order valence-electron chi connectivity index (χ4n) is 2.80. The first-order valence-electron chi connectivity index (χ1n) is 6.70. The third-order valence-electron chi connectivity index (χ3n) is 3.80. The van der Waals surface area contributed by atoms with E-state index in [1.165, 1.54) is 25.7 Å². The average Bonchev–Trinajstić information content (AvgIpc) is 3.13. The van der Waals surface area contributed by atoms with Gasteiger partial charge in [0.05, 0.1) is 6.61 Å². The quantitative estimate of drug-likeness (QED) is 0.850. The lowest BCUT2D eigenvalue weighted by atomic mass is 9.99. The maximum absolute atomic E-state index is 5.33. The van der Waals surface area contributed by atoms with Crippen LogP contribution in [0.1, 0.15) is 31.7 Å². The Balaban J connectivity index is 1.79. The molecule has 0 spiro atoms. The third-order valence-corrected chi connectivity index (χ3v) is 4.09. The SMILES string of the molecule is COCC1CCCN(c2n[nH]c(=S)n2C2CC2)C1. The van der Waals surface area contributed by atoms with Crippen LogP contribution in [0.5, 0.6) is 0 Å². The highest BCUT2D eigenvalue weighted by Gasteiger charge is 2.31. The zero-order chi connectivity index (χ0) is 12.5. The zero-order valence-electron chi connectivity index (χ0n) is 10.8. The molecule has 2 heterocycles. The predicted molar refractivity (Wildman–Crippen MR) is 72.5 cm³/mol. The molecular weight excluding hydrogens is 248 g/mol. The standard InChI is InChI=1S/C12H20N4OS/c1-17-8-9-3-2-6-15(7-9)11-13-14-12(18)16(11)10-4-5-10/h9-10H,2-8H2,1H3,(H,14,18). The largest absolute Gasteiger partial charge is 0.384 e. The minimum absolute atomic E-state index is 0.578. The van der Waals surface area contributed by atoms with Gasteiger partial charge in [0.2, 0.25) is 5.95 Å². The molecule has 3 rings (SSSR count). The normalized spacial score (nSPS) is 24.5. The van der Waals surface area contributed by atoms with Crippen molar-refractivity contribution in [2.24, 2.45) is 5.92 Å². The van der Waals surface area contributed by atoms with Crippen LogP contribution in [0.15, 0.2) is 0 Å². The van der Waals surface area contributed by atoms with Crippen molar-refractivity contribution in [3.05, 3.63) is 4.77 Å². The van der Waals surface area contributed by atoms with Gasteiger partial charge in [0.1, 0.15) is 0 Å². The highest BCUT2D eigenvalue weighted by atomic mass is 32.1. The summed E-state index contributed by atoms with van der Waals surface area (Å²) in [5.74, 6) is 1.64. The van der Waals surface area contributed by atoms with Crippen molar-refractivity contribution in [2.75, 3.05) is 31.7 Å². The van der Waals surface area contributed by atoms with Gasteiger partial charge in [-0.25, -0.2) is 5.10 Å². The smallest absolute Gasteiger partial charge is 0.225 e. The van der Waals surface area contributed by atoms with Crippen LogP contribution in [-0.4, -0.2) is 41.6 Å². The Morgan fingerprint density at radius 1 is 1.44 bits per heavy atom. The molecule has 18 heavy (non-hydrogen) atoms. The van der Waals surface area contributed by atoms with Crippen LogP contribution in [0, 0.1) is 10.7 Å². The first-order valence-corrected chi connectivity index (χ1v) is 7.11. The van der Waals surface area contributed by atoms with Gasteiger partial charge in [0.25, 0.3) is 0 Å². The van der Waals surface area contributed by atoms with E-state index in [-0.39, 0.29) is 0 Å². The number of nitrogens with zero attached hydrogens (tertiary/aromatic N) is 3. The number of methoxy groups -OCH3 is 1. The van der Waals surface area contributed by atoms with E-state index in [9.17, 15) is 0 Å². The molecule has 0 aromatic carbocycles. The second-order valence-electron chi connectivity index (χ2n) is 5.34. The van der Waals surface area contributed by atoms with E-state index in [1.54, 1.807) is 7.11 Å². The molecule has 0 bridgehead atoms. The first kappa shape index (κ1) is 12.2. The monoisotopic (exact) mass is 268 g/mol. The van der Waals surface area contributed by atoms with Crippen molar-refractivity contribution >= 4 is 18.2 Å². The summed E-state index contributed by atoms with van der Waals surface area (Å²) in [7, 11) is 1.78. The van der Waals surface area contributed by atoms with Crippen LogP contribution in [0.2, 0.25) is 0 Å². The second-order valence-corrected chi connectivity index (χ2v) is 5.73. The Labute approximate surface area is 112 Å². The Morgan fingerprint density at radius 3 is 3.00 bits per heavy atom. The Morgan fingerprint density at radius 2 is 2.28 bits per heavy atom. The highest BCUT2D eigenvalue weighted by Crippen LogP contribution is 2.38. The lowest BCUT2D eigenvalue weighted by Crippen LogP contribution is -2.38. The summed E-state index contributed by atoms with van der Waals surface area (Å²) in [5, 5.41) is 7.37. The van der Waals surface area contributed by atoms with Crippen molar-refractivity contribution < 1.29 is 4.74 Å². The number of ether oxygens (including phenoxy) is 1. The van der Waals surface area contributed by atoms with E-state index in [4.69, 9.17) is 17.0 Å². The van der Waals surface area contributed by atoms with Crippen LogP contribution in [-0.2, 0) is 4.74 Å². The summed E-state index contributed by atoms with van der Waals surface area (Å²) in [6.07, 6.45) is 4.92. The van der Waals surface area contributed by atoms with Crippen molar-refractivity contribution in [3.63, 3.8) is 0 Å². The molecule has 1 unspecified atom stereocenters. The van der Waals surface area contributed by atoms with Crippen molar-refractivity contribution in [1.29, 1.82) is 0 Å². The molecule has 1 atom stereocenters. The van der Waals surface area contributed by atoms with Crippen molar-refractivity contribution in [2.45, 2.75) is 31.7 Å². The van der Waals surface area contributed by atoms with Crippen LogP contribution in [0.25, 0.3) is 0 Å². The maximum atomic E-state index is 5.33. The molecule has 1 saturated carbocycles. The number of hydrogen-bond donors (Lipinski definition) is 1. The summed E-state index contributed by atoms with van der Waals surface area (Å²) in [6, 6.07) is 0.578. The van der Waals surface area contributed by atoms with E-state index in [0.717, 1.165) is 30.4 Å². The summed E-state index contributed by atoms with van der Waals surface area (Å²) in [6.45, 7) is 2.94. The minimum Gasteiger partial charge on any atom is -0.384 e. The number of hydrogen-bond acceptors (Lipinski definition) is 4. The van der Waals surface area contributed by atoms with Gasteiger partial charge in [0.15, 0.2) is 4.77 Å². The maximum Gasteiger partial charge on any atom is 0.225 e. The highest BCUT2D eigenvalue weighted by molar-refractivity contribution is 7.71. The van der Waals surface area contributed by atoms with Crippen LogP contribution >= 0.6 is 12.2 Å². The van der Waals surface area contributed by atoms with Gasteiger partial charge < -0.3 is 9.64 Å². The van der Waals surface area contributed by atoms with Gasteiger partial charge in [-0.2, -0.15) is 0 Å². The fourth-order valence-corrected chi connectivity index (χ4v) is 3.08. The topological polar surface area (TPSA) is 46.1 Å². The second kappa shape index (κ2) is 5.01. The van der Waals surface area contributed by atoms with E-state index in [1.807, 2.05) is 0 Å². The number of aromatic nitrogens is 3. The number of anilines is 1. The van der Waals surface area contributed by atoms with E-state index in [2.05, 4.69) is 19.7 Å². The van der Waals surface area contributed by atoms with Crippen molar-refractivity contribution in [1.82, 2.24) is 14.8 Å². The fraction of sp³-hybridized carbons (Fsp3) is 0.833. The summed E-state index contributed by atoms with van der Waals surface area (Å²) >= 11 is 5.33. The van der Waals surface area contributed by atoms with E-state index in [0.29, 0.717) is 12.0 Å². The molecule has 5 nitrogen and oxygen atoms in total. The van der Waals surface area contributed by atoms with Crippen molar-refractivity contribution in [3.8, 4) is 0 Å². The Kier molecular flexibility index (Phi) is 3.39. The molecule has 1 aromatic rings. The summed E-state index contributed by atoms with van der Waals surface area (Å²) in [5.41, 5.74) is 0. The van der Waals surface area contributed by atoms with Gasteiger partial charge >= 0.3 is 0 Å². The summed E-state index contributed by atoms with van der Waals surface area (Å²) in [4.78, 5) is 2.36. The Bertz CT molecular complexity index is 463. The number of rotatable bonds is 4. The zero-order valence-corrected chi connectivity index (χ0v) is 11.6. The molecule has 100 valence electrons. The molecule has 1 aliphatic heterocycles. The molecule has 0 radical (unpaired) electrons. The van der Waals surface area contributed by atoms with Gasteiger partial charge in [-0.3, -0.25) is 4.57 Å². The predicted octanol–water partition coefficient (Wildman–Crippen LogP) is 2.14. The number of nitrogens with one attached hydrogen (secondary N) is 1. The van der Waals surface area contributed by atoms with E-state index < -0.39 is 0 Å². The van der Waals surface area contributed by atoms with Gasteiger partial charge in [-0.1, -0.05) is 0 Å². The number of piperidine rings is 1. The minimum atomic E-state index is 0.578. The van der Waals surface area contributed by atoms with Gasteiger partial charge in [0, 0.05) is 26.2 Å². The molecule has 1 N–H and O–H groups in total. The number of H-pyrrole nitrogens is 1. The molecule has 1 saturated heterocycles. The summed E-state index contributed by atoms with van der Waals surface area (Å²) < 4.78 is 8.24. The lowest BCUT2D eigenvalue weighted by molar-refractivity contribution is 0.142. The molecule has 6 heteroatoms. The van der Waals surface area contributed by atoms with Crippen LogP contribution in [0.4, 0.5) is 5.95 Å². The molecule has 0 amide bonds. The molecule has 1 aromatic heterocycles.